The number of ether oxygens (including phenoxy) is 2. The van der Waals surface area contributed by atoms with Crippen LogP contribution in [-0.2, 0) is 4.74 Å². The molecule has 0 saturated heterocycles. The molecular weight excluding hydrogens is 458 g/mol. The van der Waals surface area contributed by atoms with Gasteiger partial charge in [0.1, 0.15) is 5.56 Å². The minimum absolute atomic E-state index is 0.241. The summed E-state index contributed by atoms with van der Waals surface area (Å²) in [6.45, 7) is 0. The SMILES string of the molecule is O=C1OC2(CCCCC2)Oc2c(I)cc(I)cc21. The first-order chi connectivity index (χ1) is 8.60. The summed E-state index contributed by atoms with van der Waals surface area (Å²) in [6, 6.07) is 3.85. The Labute approximate surface area is 133 Å². The third-order valence-corrected chi connectivity index (χ3v) is 4.83. The van der Waals surface area contributed by atoms with Gasteiger partial charge in [0.15, 0.2) is 5.75 Å². The summed E-state index contributed by atoms with van der Waals surface area (Å²) >= 11 is 4.42. The molecule has 0 bridgehead atoms. The zero-order valence-corrected chi connectivity index (χ0v) is 14.0. The Hall–Kier alpha value is -0.0500. The van der Waals surface area contributed by atoms with E-state index in [9.17, 15) is 4.79 Å². The van der Waals surface area contributed by atoms with Crippen molar-refractivity contribution in [2.24, 2.45) is 0 Å². The number of hydrogen-bond acceptors (Lipinski definition) is 3. The fourth-order valence-corrected chi connectivity index (χ4v) is 4.50. The molecule has 1 aliphatic carbocycles. The summed E-state index contributed by atoms with van der Waals surface area (Å²) < 4.78 is 13.7. The maximum Gasteiger partial charge on any atom is 0.345 e. The van der Waals surface area contributed by atoms with Crippen molar-refractivity contribution in [3.05, 3.63) is 24.8 Å². The zero-order valence-electron chi connectivity index (χ0n) is 9.67. The van der Waals surface area contributed by atoms with E-state index >= 15 is 0 Å². The van der Waals surface area contributed by atoms with Gasteiger partial charge in [-0.3, -0.25) is 0 Å². The van der Waals surface area contributed by atoms with Crippen LogP contribution in [0, 0.1) is 7.14 Å². The molecule has 1 fully saturated rings. The van der Waals surface area contributed by atoms with E-state index in [2.05, 4.69) is 45.2 Å². The normalized spacial score (nSPS) is 21.1. The van der Waals surface area contributed by atoms with E-state index in [1.54, 1.807) is 0 Å². The number of rotatable bonds is 0. The van der Waals surface area contributed by atoms with Crippen LogP contribution in [0.1, 0.15) is 42.5 Å². The Morgan fingerprint density at radius 1 is 1.06 bits per heavy atom. The van der Waals surface area contributed by atoms with Gasteiger partial charge in [0.05, 0.1) is 3.57 Å². The molecule has 1 aromatic carbocycles. The van der Waals surface area contributed by atoms with Crippen molar-refractivity contribution in [2.45, 2.75) is 37.9 Å². The number of benzene rings is 1. The molecule has 2 aliphatic rings. The van der Waals surface area contributed by atoms with Gasteiger partial charge in [0, 0.05) is 16.4 Å². The van der Waals surface area contributed by atoms with Crippen LogP contribution in [0.15, 0.2) is 12.1 Å². The summed E-state index contributed by atoms with van der Waals surface area (Å²) in [5.41, 5.74) is 0.558. The Balaban J connectivity index is 2.04. The van der Waals surface area contributed by atoms with Gasteiger partial charge >= 0.3 is 5.97 Å². The molecule has 5 heteroatoms. The molecule has 3 rings (SSSR count). The van der Waals surface area contributed by atoms with Gasteiger partial charge in [-0.2, -0.15) is 0 Å². The maximum absolute atomic E-state index is 12.2. The minimum atomic E-state index is -0.699. The van der Waals surface area contributed by atoms with E-state index in [0.29, 0.717) is 11.3 Å². The first kappa shape index (κ1) is 13.0. The molecule has 1 spiro atoms. The molecule has 0 N–H and O–H groups in total. The number of halogens is 2. The molecule has 18 heavy (non-hydrogen) atoms. The molecule has 1 saturated carbocycles. The molecule has 1 heterocycles. The Bertz CT molecular complexity index is 507. The number of esters is 1. The number of fused-ring (bicyclic) bond motifs is 1. The van der Waals surface area contributed by atoms with Crippen LogP contribution in [0.2, 0.25) is 0 Å². The molecule has 0 amide bonds. The second kappa shape index (κ2) is 4.81. The minimum Gasteiger partial charge on any atom is -0.450 e. The summed E-state index contributed by atoms with van der Waals surface area (Å²) in [7, 11) is 0. The topological polar surface area (TPSA) is 35.5 Å². The molecule has 1 aromatic rings. The average molecular weight is 470 g/mol. The van der Waals surface area contributed by atoms with Crippen molar-refractivity contribution in [2.75, 3.05) is 0 Å². The molecular formula is C13H12I2O3. The molecule has 0 aromatic heterocycles. The summed E-state index contributed by atoms with van der Waals surface area (Å²) in [5, 5.41) is 0. The Kier molecular flexibility index (Phi) is 3.46. The largest absolute Gasteiger partial charge is 0.450 e. The zero-order chi connectivity index (χ0) is 12.8. The first-order valence-electron chi connectivity index (χ1n) is 6.01. The van der Waals surface area contributed by atoms with Crippen LogP contribution in [-0.4, -0.2) is 11.8 Å². The van der Waals surface area contributed by atoms with Crippen molar-refractivity contribution >= 4 is 51.2 Å². The third-order valence-electron chi connectivity index (χ3n) is 3.41. The van der Waals surface area contributed by atoms with E-state index in [0.717, 1.165) is 32.8 Å². The molecule has 3 nitrogen and oxygen atoms in total. The lowest BCUT2D eigenvalue weighted by atomic mass is 9.93. The lowest BCUT2D eigenvalue weighted by Gasteiger charge is -2.40. The second-order valence-electron chi connectivity index (χ2n) is 4.73. The monoisotopic (exact) mass is 470 g/mol. The van der Waals surface area contributed by atoms with Crippen LogP contribution in [0.5, 0.6) is 5.75 Å². The highest BCUT2D eigenvalue weighted by Crippen LogP contribution is 2.42. The lowest BCUT2D eigenvalue weighted by molar-refractivity contribution is -0.173. The Morgan fingerprint density at radius 3 is 2.50 bits per heavy atom. The smallest absolute Gasteiger partial charge is 0.345 e. The van der Waals surface area contributed by atoms with E-state index in [4.69, 9.17) is 9.47 Å². The predicted molar refractivity (Wildman–Crippen MR) is 83.7 cm³/mol. The number of carbonyl (C=O) groups excluding carboxylic acids is 1. The summed E-state index contributed by atoms with van der Waals surface area (Å²) in [6.07, 6.45) is 4.92. The molecule has 0 unspecified atom stereocenters. The second-order valence-corrected chi connectivity index (χ2v) is 7.14. The number of carbonyl (C=O) groups is 1. The number of hydrogen-bond donors (Lipinski definition) is 0. The van der Waals surface area contributed by atoms with Gasteiger partial charge in [0.2, 0.25) is 0 Å². The van der Waals surface area contributed by atoms with Crippen LogP contribution >= 0.6 is 45.2 Å². The van der Waals surface area contributed by atoms with Gasteiger partial charge in [-0.15, -0.1) is 0 Å². The van der Waals surface area contributed by atoms with Crippen molar-refractivity contribution in [1.29, 1.82) is 0 Å². The van der Waals surface area contributed by atoms with Crippen LogP contribution < -0.4 is 4.74 Å². The van der Waals surface area contributed by atoms with Gasteiger partial charge in [-0.1, -0.05) is 6.42 Å². The van der Waals surface area contributed by atoms with Crippen LogP contribution in [0.3, 0.4) is 0 Å². The van der Waals surface area contributed by atoms with Crippen molar-refractivity contribution in [3.8, 4) is 5.75 Å². The fourth-order valence-electron chi connectivity index (χ4n) is 2.54. The van der Waals surface area contributed by atoms with Crippen molar-refractivity contribution in [1.82, 2.24) is 0 Å². The highest BCUT2D eigenvalue weighted by atomic mass is 127. The van der Waals surface area contributed by atoms with E-state index in [1.165, 1.54) is 6.42 Å². The van der Waals surface area contributed by atoms with E-state index in [1.807, 2.05) is 12.1 Å². The Morgan fingerprint density at radius 2 is 1.78 bits per heavy atom. The standard InChI is InChI=1S/C13H12I2O3/c14-8-6-9-11(10(15)7-8)17-13(18-12(9)16)4-2-1-3-5-13/h6-7H,1-5H2. The quantitative estimate of drug-likeness (QED) is 0.424. The van der Waals surface area contributed by atoms with Gasteiger partial charge in [0.25, 0.3) is 5.79 Å². The van der Waals surface area contributed by atoms with Crippen LogP contribution in [0.4, 0.5) is 0 Å². The van der Waals surface area contributed by atoms with Crippen molar-refractivity contribution < 1.29 is 14.3 Å². The molecule has 96 valence electrons. The molecule has 0 radical (unpaired) electrons. The van der Waals surface area contributed by atoms with Crippen LogP contribution in [0.25, 0.3) is 0 Å². The lowest BCUT2D eigenvalue weighted by Crippen LogP contribution is -2.46. The average Bonchev–Trinajstić information content (AvgIpc) is 2.32. The fraction of sp³-hybridized carbons (Fsp3) is 0.462. The highest BCUT2D eigenvalue weighted by Gasteiger charge is 2.43. The van der Waals surface area contributed by atoms with Gasteiger partial charge < -0.3 is 9.47 Å². The highest BCUT2D eigenvalue weighted by molar-refractivity contribution is 14.1. The third kappa shape index (κ3) is 2.23. The van der Waals surface area contributed by atoms with E-state index in [-0.39, 0.29) is 5.97 Å². The molecule has 0 atom stereocenters. The summed E-state index contributed by atoms with van der Waals surface area (Å²) in [4.78, 5) is 12.2. The van der Waals surface area contributed by atoms with Gasteiger partial charge in [-0.25, -0.2) is 4.79 Å². The van der Waals surface area contributed by atoms with E-state index < -0.39 is 5.79 Å². The molecule has 1 aliphatic heterocycles. The summed E-state index contributed by atoms with van der Waals surface area (Å²) in [5.74, 6) is -0.238. The first-order valence-corrected chi connectivity index (χ1v) is 8.17. The predicted octanol–water partition coefficient (Wildman–Crippen LogP) is 4.11. The van der Waals surface area contributed by atoms with Crippen molar-refractivity contribution in [3.63, 3.8) is 0 Å². The maximum atomic E-state index is 12.2. The van der Waals surface area contributed by atoms with Gasteiger partial charge in [-0.05, 0) is 70.2 Å².